The largest absolute Gasteiger partial charge is 0.490 e. The Hall–Kier alpha value is -2.63. The molecule has 1 fully saturated rings. The average molecular weight is 357 g/mol. The molecule has 6 heteroatoms. The number of amides is 1. The molecule has 2 aromatic rings. The number of carbonyl (C=O) groups is 1. The van der Waals surface area contributed by atoms with Gasteiger partial charge in [-0.2, -0.15) is 0 Å². The molecule has 5 nitrogen and oxygen atoms in total. The highest BCUT2D eigenvalue weighted by atomic mass is 19.1. The van der Waals surface area contributed by atoms with Gasteiger partial charge in [0.25, 0.3) is 5.91 Å². The molecule has 0 spiro atoms. The number of halogens is 1. The lowest BCUT2D eigenvalue weighted by Crippen LogP contribution is -2.38. The van der Waals surface area contributed by atoms with Crippen LogP contribution in [0.1, 0.15) is 36.5 Å². The number of carbonyl (C=O) groups excluding carboxylic acids is 1. The summed E-state index contributed by atoms with van der Waals surface area (Å²) in [7, 11) is 0. The van der Waals surface area contributed by atoms with Crippen molar-refractivity contribution in [2.75, 3.05) is 24.5 Å². The smallest absolute Gasteiger partial charge is 0.252 e. The first-order valence-electron chi connectivity index (χ1n) is 9.07. The lowest BCUT2D eigenvalue weighted by molar-refractivity contribution is 0.0953. The van der Waals surface area contributed by atoms with Gasteiger partial charge in [0.05, 0.1) is 5.56 Å². The monoisotopic (exact) mass is 357 g/mol. The van der Waals surface area contributed by atoms with Crippen LogP contribution < -0.4 is 15.0 Å². The predicted molar refractivity (Wildman–Crippen MR) is 99.1 cm³/mol. The van der Waals surface area contributed by atoms with Gasteiger partial charge in [-0.3, -0.25) is 4.79 Å². The number of nitrogens with zero attached hydrogens (tertiary/aromatic N) is 2. The van der Waals surface area contributed by atoms with Gasteiger partial charge < -0.3 is 15.0 Å². The van der Waals surface area contributed by atoms with Crippen LogP contribution in [0.4, 0.5) is 10.2 Å². The van der Waals surface area contributed by atoms with E-state index >= 15 is 0 Å². The molecule has 3 rings (SSSR count). The zero-order valence-electron chi connectivity index (χ0n) is 15.0. The van der Waals surface area contributed by atoms with E-state index in [-0.39, 0.29) is 17.8 Å². The minimum atomic E-state index is -0.259. The SMILES string of the molecule is CCCNC(=O)c1ccc(N2CCC(Oc3ccc(F)cc3)CC2)nc1. The summed E-state index contributed by atoms with van der Waals surface area (Å²) >= 11 is 0. The van der Waals surface area contributed by atoms with Crippen molar-refractivity contribution in [2.45, 2.75) is 32.3 Å². The quantitative estimate of drug-likeness (QED) is 0.861. The summed E-state index contributed by atoms with van der Waals surface area (Å²) in [6, 6.07) is 9.84. The fraction of sp³-hybridized carbons (Fsp3) is 0.400. The minimum Gasteiger partial charge on any atom is -0.490 e. The van der Waals surface area contributed by atoms with Crippen LogP contribution in [0.15, 0.2) is 42.6 Å². The molecule has 1 N–H and O–H groups in total. The van der Waals surface area contributed by atoms with Crippen LogP contribution in [0, 0.1) is 5.82 Å². The number of ether oxygens (including phenoxy) is 1. The predicted octanol–water partition coefficient (Wildman–Crippen LogP) is 3.41. The Balaban J connectivity index is 1.51. The van der Waals surface area contributed by atoms with Gasteiger partial charge >= 0.3 is 0 Å². The third kappa shape index (κ3) is 4.71. The van der Waals surface area contributed by atoms with E-state index in [1.54, 1.807) is 18.3 Å². The maximum absolute atomic E-state index is 12.9. The maximum Gasteiger partial charge on any atom is 0.252 e. The van der Waals surface area contributed by atoms with Crippen LogP contribution in [0.25, 0.3) is 0 Å². The number of aromatic nitrogens is 1. The van der Waals surface area contributed by atoms with E-state index < -0.39 is 0 Å². The summed E-state index contributed by atoms with van der Waals surface area (Å²) in [5, 5.41) is 2.85. The van der Waals surface area contributed by atoms with E-state index in [1.165, 1.54) is 12.1 Å². The third-order valence-electron chi connectivity index (χ3n) is 4.43. The van der Waals surface area contributed by atoms with Crippen LogP contribution in [0.5, 0.6) is 5.75 Å². The topological polar surface area (TPSA) is 54.5 Å². The molecule has 0 bridgehead atoms. The number of piperidine rings is 1. The van der Waals surface area contributed by atoms with Crippen molar-refractivity contribution in [1.29, 1.82) is 0 Å². The summed E-state index contributed by atoms with van der Waals surface area (Å²) in [4.78, 5) is 18.5. The Bertz CT molecular complexity index is 711. The molecule has 1 aliphatic heterocycles. The first-order valence-corrected chi connectivity index (χ1v) is 9.07. The first-order chi connectivity index (χ1) is 12.7. The second kappa shape index (κ2) is 8.65. The van der Waals surface area contributed by atoms with Crippen molar-refractivity contribution in [1.82, 2.24) is 10.3 Å². The van der Waals surface area contributed by atoms with Gasteiger partial charge in [-0.15, -0.1) is 0 Å². The number of benzene rings is 1. The molecular weight excluding hydrogens is 333 g/mol. The second-order valence-corrected chi connectivity index (χ2v) is 6.42. The number of anilines is 1. The molecule has 26 heavy (non-hydrogen) atoms. The van der Waals surface area contributed by atoms with Crippen molar-refractivity contribution in [3.8, 4) is 5.75 Å². The van der Waals surface area contributed by atoms with Crippen LogP contribution in [0.2, 0.25) is 0 Å². The summed E-state index contributed by atoms with van der Waals surface area (Å²) in [6.07, 6.45) is 4.40. The fourth-order valence-corrected chi connectivity index (χ4v) is 2.96. The normalized spacial score (nSPS) is 14.9. The van der Waals surface area contributed by atoms with E-state index in [2.05, 4.69) is 15.2 Å². The molecule has 0 aliphatic carbocycles. The van der Waals surface area contributed by atoms with E-state index in [9.17, 15) is 9.18 Å². The zero-order chi connectivity index (χ0) is 18.4. The van der Waals surface area contributed by atoms with Gasteiger partial charge in [0.2, 0.25) is 0 Å². The molecule has 2 heterocycles. The van der Waals surface area contributed by atoms with E-state index in [0.717, 1.165) is 38.2 Å². The van der Waals surface area contributed by atoms with Gasteiger partial charge in [-0.05, 0) is 42.8 Å². The molecular formula is C20H24FN3O2. The number of hydrogen-bond donors (Lipinski definition) is 1. The summed E-state index contributed by atoms with van der Waals surface area (Å²) < 4.78 is 18.9. The number of rotatable bonds is 6. The van der Waals surface area contributed by atoms with Crippen molar-refractivity contribution in [3.63, 3.8) is 0 Å². The van der Waals surface area contributed by atoms with Gasteiger partial charge in [-0.1, -0.05) is 6.92 Å². The highest BCUT2D eigenvalue weighted by Gasteiger charge is 2.21. The molecule has 0 unspecified atom stereocenters. The number of hydrogen-bond acceptors (Lipinski definition) is 4. The van der Waals surface area contributed by atoms with Crippen LogP contribution >= 0.6 is 0 Å². The van der Waals surface area contributed by atoms with Crippen LogP contribution in [-0.2, 0) is 0 Å². The first kappa shape index (κ1) is 18.2. The van der Waals surface area contributed by atoms with Crippen molar-refractivity contribution >= 4 is 11.7 Å². The van der Waals surface area contributed by atoms with Crippen LogP contribution in [0.3, 0.4) is 0 Å². The Kier molecular flexibility index (Phi) is 6.04. The summed E-state index contributed by atoms with van der Waals surface area (Å²) in [6.45, 7) is 4.35. The zero-order valence-corrected chi connectivity index (χ0v) is 15.0. The molecule has 1 aromatic heterocycles. The van der Waals surface area contributed by atoms with E-state index in [1.807, 2.05) is 19.1 Å². The Morgan fingerprint density at radius 2 is 1.96 bits per heavy atom. The average Bonchev–Trinajstić information content (AvgIpc) is 2.68. The molecule has 0 saturated carbocycles. The fourth-order valence-electron chi connectivity index (χ4n) is 2.96. The summed E-state index contributed by atoms with van der Waals surface area (Å²) in [5.74, 6) is 1.23. The lowest BCUT2D eigenvalue weighted by atomic mass is 10.1. The van der Waals surface area contributed by atoms with Crippen molar-refractivity contribution in [3.05, 3.63) is 54.0 Å². The summed E-state index contributed by atoms with van der Waals surface area (Å²) in [5.41, 5.74) is 0.580. The molecule has 1 aliphatic rings. The van der Waals surface area contributed by atoms with Gasteiger partial charge in [0.15, 0.2) is 0 Å². The van der Waals surface area contributed by atoms with E-state index in [4.69, 9.17) is 4.74 Å². The Morgan fingerprint density at radius 1 is 1.23 bits per heavy atom. The van der Waals surface area contributed by atoms with Gasteiger partial charge in [0, 0.05) is 38.7 Å². The molecule has 0 atom stereocenters. The van der Waals surface area contributed by atoms with Gasteiger partial charge in [-0.25, -0.2) is 9.37 Å². The highest BCUT2D eigenvalue weighted by Crippen LogP contribution is 2.22. The van der Waals surface area contributed by atoms with Crippen molar-refractivity contribution in [2.24, 2.45) is 0 Å². The minimum absolute atomic E-state index is 0.0858. The third-order valence-corrected chi connectivity index (χ3v) is 4.43. The maximum atomic E-state index is 12.9. The van der Waals surface area contributed by atoms with Gasteiger partial charge in [0.1, 0.15) is 23.5 Å². The highest BCUT2D eigenvalue weighted by molar-refractivity contribution is 5.94. The van der Waals surface area contributed by atoms with E-state index in [0.29, 0.717) is 17.9 Å². The molecule has 1 aromatic carbocycles. The Labute approximate surface area is 153 Å². The number of nitrogens with one attached hydrogen (secondary N) is 1. The standard InChI is InChI=1S/C20H24FN3O2/c1-2-11-22-20(25)15-3-8-19(23-14-15)24-12-9-18(10-13-24)26-17-6-4-16(21)5-7-17/h3-8,14,18H,2,9-13H2,1H3,(H,22,25). The molecule has 1 amide bonds. The van der Waals surface area contributed by atoms with Crippen LogP contribution in [-0.4, -0.2) is 36.6 Å². The molecule has 0 radical (unpaired) electrons. The molecule has 138 valence electrons. The second-order valence-electron chi connectivity index (χ2n) is 6.42. The van der Waals surface area contributed by atoms with Crippen molar-refractivity contribution < 1.29 is 13.9 Å². The lowest BCUT2D eigenvalue weighted by Gasteiger charge is -2.33. The Morgan fingerprint density at radius 3 is 2.58 bits per heavy atom. The number of pyridine rings is 1. The molecule has 1 saturated heterocycles.